The number of carbonyl (C=O) groups is 1. The highest BCUT2D eigenvalue weighted by molar-refractivity contribution is 7.98. The molecule has 0 saturated carbocycles. The molecule has 0 heterocycles. The average Bonchev–Trinajstić information content (AvgIpc) is 2.36. The van der Waals surface area contributed by atoms with Gasteiger partial charge in [-0.25, -0.2) is 8.78 Å². The third kappa shape index (κ3) is 5.20. The van der Waals surface area contributed by atoms with Gasteiger partial charge in [-0.15, -0.1) is 24.2 Å². The Hall–Kier alpha value is -0.850. The van der Waals surface area contributed by atoms with Crippen LogP contribution in [0.15, 0.2) is 29.2 Å². The van der Waals surface area contributed by atoms with E-state index in [1.807, 2.05) is 6.26 Å². The van der Waals surface area contributed by atoms with Crippen LogP contribution in [0.5, 0.6) is 0 Å². The molecule has 102 valence electrons. The van der Waals surface area contributed by atoms with E-state index in [2.05, 4.69) is 5.32 Å². The Labute approximate surface area is 115 Å². The van der Waals surface area contributed by atoms with Gasteiger partial charge in [-0.05, 0) is 30.5 Å². The van der Waals surface area contributed by atoms with Gasteiger partial charge < -0.3 is 11.1 Å². The smallest absolute Gasteiger partial charge is 0.277 e. The molecule has 1 amide bonds. The summed E-state index contributed by atoms with van der Waals surface area (Å²) in [6.45, 7) is -1.52. The van der Waals surface area contributed by atoms with Gasteiger partial charge in [0.15, 0.2) is 0 Å². The second-order valence-corrected chi connectivity index (χ2v) is 4.35. The summed E-state index contributed by atoms with van der Waals surface area (Å²) in [6, 6.07) is 6.73. The molecule has 7 heteroatoms. The Balaban J connectivity index is 0.00000289. The van der Waals surface area contributed by atoms with Crippen molar-refractivity contribution in [3.63, 3.8) is 0 Å². The van der Waals surface area contributed by atoms with Crippen LogP contribution in [0.3, 0.4) is 0 Å². The second-order valence-electron chi connectivity index (χ2n) is 3.47. The number of rotatable bonds is 5. The van der Waals surface area contributed by atoms with Crippen molar-refractivity contribution in [2.24, 2.45) is 5.73 Å². The third-order valence-corrected chi connectivity index (χ3v) is 2.90. The zero-order chi connectivity index (χ0) is 12.9. The number of hydrogen-bond donors (Lipinski definition) is 2. The number of amides is 1. The Morgan fingerprint density at radius 1 is 1.39 bits per heavy atom. The number of nitrogens with one attached hydrogen (secondary N) is 1. The van der Waals surface area contributed by atoms with E-state index in [0.29, 0.717) is 5.56 Å². The van der Waals surface area contributed by atoms with Crippen LogP contribution in [0.4, 0.5) is 8.78 Å². The molecule has 18 heavy (non-hydrogen) atoms. The fourth-order valence-corrected chi connectivity index (χ4v) is 1.53. The maximum Gasteiger partial charge on any atom is 0.277 e. The van der Waals surface area contributed by atoms with Crippen LogP contribution in [0, 0.1) is 0 Å². The van der Waals surface area contributed by atoms with E-state index < -0.39 is 24.9 Å². The van der Waals surface area contributed by atoms with Gasteiger partial charge in [0.25, 0.3) is 11.8 Å². The Kier molecular flexibility index (Phi) is 7.20. The van der Waals surface area contributed by atoms with Gasteiger partial charge in [-0.3, -0.25) is 4.79 Å². The first kappa shape index (κ1) is 17.2. The van der Waals surface area contributed by atoms with E-state index in [4.69, 9.17) is 5.73 Å². The van der Waals surface area contributed by atoms with Crippen LogP contribution in [-0.2, 0) is 0 Å². The van der Waals surface area contributed by atoms with Crippen molar-refractivity contribution in [3.05, 3.63) is 29.8 Å². The molecule has 0 fully saturated rings. The zero-order valence-electron chi connectivity index (χ0n) is 9.78. The van der Waals surface area contributed by atoms with Gasteiger partial charge in [0.05, 0.1) is 13.1 Å². The minimum Gasteiger partial charge on any atom is -0.346 e. The van der Waals surface area contributed by atoms with E-state index in [-0.39, 0.29) is 12.4 Å². The van der Waals surface area contributed by atoms with Crippen LogP contribution < -0.4 is 11.1 Å². The van der Waals surface area contributed by atoms with Gasteiger partial charge >= 0.3 is 0 Å². The van der Waals surface area contributed by atoms with E-state index in [9.17, 15) is 13.6 Å². The van der Waals surface area contributed by atoms with Crippen molar-refractivity contribution in [1.82, 2.24) is 5.32 Å². The van der Waals surface area contributed by atoms with Crippen LogP contribution in [-0.4, -0.2) is 31.2 Å². The monoisotopic (exact) mass is 296 g/mol. The summed E-state index contributed by atoms with van der Waals surface area (Å²) in [7, 11) is 0. The second kappa shape index (κ2) is 7.56. The van der Waals surface area contributed by atoms with Crippen molar-refractivity contribution in [2.75, 3.05) is 19.3 Å². The highest BCUT2D eigenvalue weighted by Gasteiger charge is 2.27. The molecule has 0 spiro atoms. The lowest BCUT2D eigenvalue weighted by Gasteiger charge is -2.14. The predicted octanol–water partition coefficient (Wildman–Crippen LogP) is 2.15. The van der Waals surface area contributed by atoms with Crippen molar-refractivity contribution in [1.29, 1.82) is 0 Å². The van der Waals surface area contributed by atoms with Crippen LogP contribution in [0.2, 0.25) is 0 Å². The lowest BCUT2D eigenvalue weighted by Crippen LogP contribution is -2.41. The number of benzene rings is 1. The fraction of sp³-hybridized carbons (Fsp3) is 0.364. The Morgan fingerprint density at radius 3 is 2.39 bits per heavy atom. The van der Waals surface area contributed by atoms with E-state index in [1.165, 1.54) is 0 Å². The summed E-state index contributed by atoms with van der Waals surface area (Å²) in [5.41, 5.74) is 5.22. The van der Waals surface area contributed by atoms with Crippen molar-refractivity contribution in [3.8, 4) is 0 Å². The molecule has 1 aromatic rings. The van der Waals surface area contributed by atoms with Crippen molar-refractivity contribution < 1.29 is 13.6 Å². The SMILES string of the molecule is CSc1ccc(C(=O)NCC(F)(F)CN)cc1.Cl. The summed E-state index contributed by atoms with van der Waals surface area (Å²) in [4.78, 5) is 12.5. The molecule has 0 unspecified atom stereocenters. The standard InChI is InChI=1S/C11H14F2N2OS.ClH/c1-17-9-4-2-8(3-5-9)10(16)15-7-11(12,13)6-14;/h2-5H,6-7,14H2,1H3,(H,15,16);1H. The summed E-state index contributed by atoms with van der Waals surface area (Å²) in [6.07, 6.45) is 1.91. The quantitative estimate of drug-likeness (QED) is 0.819. The van der Waals surface area contributed by atoms with E-state index in [0.717, 1.165) is 4.90 Å². The number of carbonyl (C=O) groups excluding carboxylic acids is 1. The summed E-state index contributed by atoms with van der Waals surface area (Å²) < 4.78 is 25.6. The number of hydrogen-bond acceptors (Lipinski definition) is 3. The van der Waals surface area contributed by atoms with E-state index >= 15 is 0 Å². The molecule has 0 saturated heterocycles. The lowest BCUT2D eigenvalue weighted by atomic mass is 10.2. The number of nitrogens with two attached hydrogens (primary N) is 1. The largest absolute Gasteiger partial charge is 0.346 e. The molecular weight excluding hydrogens is 282 g/mol. The highest BCUT2D eigenvalue weighted by atomic mass is 35.5. The molecular formula is C11H15ClF2N2OS. The Bertz CT molecular complexity index is 387. The Morgan fingerprint density at radius 2 is 1.94 bits per heavy atom. The number of alkyl halides is 2. The molecule has 0 radical (unpaired) electrons. The third-order valence-electron chi connectivity index (χ3n) is 2.16. The minimum absolute atomic E-state index is 0. The summed E-state index contributed by atoms with van der Waals surface area (Å²) in [5.74, 6) is -3.58. The first-order valence-electron chi connectivity index (χ1n) is 4.98. The molecule has 0 aromatic heterocycles. The lowest BCUT2D eigenvalue weighted by molar-refractivity contribution is 0.0118. The molecule has 3 N–H and O–H groups in total. The highest BCUT2D eigenvalue weighted by Crippen LogP contribution is 2.15. The average molecular weight is 297 g/mol. The first-order chi connectivity index (χ1) is 7.98. The topological polar surface area (TPSA) is 55.1 Å². The van der Waals surface area contributed by atoms with Crippen LogP contribution >= 0.6 is 24.2 Å². The number of halogens is 3. The molecule has 0 aliphatic rings. The van der Waals surface area contributed by atoms with Gasteiger partial charge in [-0.1, -0.05) is 0 Å². The minimum atomic E-state index is -3.06. The van der Waals surface area contributed by atoms with Crippen molar-refractivity contribution in [2.45, 2.75) is 10.8 Å². The molecule has 0 aliphatic heterocycles. The normalized spacial score (nSPS) is 10.7. The van der Waals surface area contributed by atoms with Crippen molar-refractivity contribution >= 4 is 30.1 Å². The first-order valence-corrected chi connectivity index (χ1v) is 6.21. The molecule has 0 bridgehead atoms. The summed E-state index contributed by atoms with van der Waals surface area (Å²) >= 11 is 1.54. The fourth-order valence-electron chi connectivity index (χ4n) is 1.13. The van der Waals surface area contributed by atoms with Gasteiger partial charge in [-0.2, -0.15) is 0 Å². The van der Waals surface area contributed by atoms with Crippen LogP contribution in [0.1, 0.15) is 10.4 Å². The maximum atomic E-state index is 12.8. The van der Waals surface area contributed by atoms with Gasteiger partial charge in [0.1, 0.15) is 0 Å². The maximum absolute atomic E-state index is 12.8. The van der Waals surface area contributed by atoms with Gasteiger partial charge in [0.2, 0.25) is 0 Å². The van der Waals surface area contributed by atoms with E-state index in [1.54, 1.807) is 36.0 Å². The molecule has 1 rings (SSSR count). The molecule has 0 atom stereocenters. The molecule has 0 aliphatic carbocycles. The number of thioether (sulfide) groups is 1. The predicted molar refractivity (Wildman–Crippen MR) is 71.8 cm³/mol. The van der Waals surface area contributed by atoms with Gasteiger partial charge in [0, 0.05) is 10.5 Å². The zero-order valence-corrected chi connectivity index (χ0v) is 11.4. The van der Waals surface area contributed by atoms with Crippen LogP contribution in [0.25, 0.3) is 0 Å². The molecule has 1 aromatic carbocycles. The molecule has 3 nitrogen and oxygen atoms in total. The summed E-state index contributed by atoms with van der Waals surface area (Å²) in [5, 5.41) is 2.15.